The lowest BCUT2D eigenvalue weighted by molar-refractivity contribution is 0.680. The van der Waals surface area contributed by atoms with Crippen molar-refractivity contribution >= 4 is 54.0 Å². The zero-order valence-corrected chi connectivity index (χ0v) is 23.0. The molecule has 1 aromatic heterocycles. The van der Waals surface area contributed by atoms with Crippen LogP contribution in [-0.4, -0.2) is 11.7 Å². The van der Waals surface area contributed by atoms with Gasteiger partial charge < -0.3 is 5.32 Å². The van der Waals surface area contributed by atoms with E-state index in [4.69, 9.17) is 9.98 Å². The summed E-state index contributed by atoms with van der Waals surface area (Å²) in [5, 5.41) is 8.70. The summed E-state index contributed by atoms with van der Waals surface area (Å²) in [5.41, 5.74) is 5.58. The van der Waals surface area contributed by atoms with Gasteiger partial charge in [0.25, 0.3) is 0 Å². The Balaban J connectivity index is 1.36. The fourth-order valence-corrected chi connectivity index (χ4v) is 6.89. The van der Waals surface area contributed by atoms with Gasteiger partial charge in [0.15, 0.2) is 5.84 Å². The van der Waals surface area contributed by atoms with Gasteiger partial charge in [-0.05, 0) is 46.2 Å². The first-order valence-corrected chi connectivity index (χ1v) is 14.6. The molecule has 0 bridgehead atoms. The van der Waals surface area contributed by atoms with Crippen molar-refractivity contribution in [2.45, 2.75) is 6.17 Å². The molecule has 0 aliphatic carbocycles. The lowest BCUT2D eigenvalue weighted by Gasteiger charge is -2.25. The molecule has 0 fully saturated rings. The Kier molecular flexibility index (Phi) is 5.71. The van der Waals surface area contributed by atoms with Crippen LogP contribution in [0.2, 0.25) is 0 Å². The van der Waals surface area contributed by atoms with Crippen LogP contribution in [0.3, 0.4) is 0 Å². The van der Waals surface area contributed by atoms with E-state index in [2.05, 4.69) is 108 Å². The van der Waals surface area contributed by atoms with Crippen molar-refractivity contribution in [3.63, 3.8) is 0 Å². The van der Waals surface area contributed by atoms with E-state index in [9.17, 15) is 0 Å². The molecule has 194 valence electrons. The van der Waals surface area contributed by atoms with E-state index >= 15 is 0 Å². The highest BCUT2D eigenvalue weighted by atomic mass is 32.1. The van der Waals surface area contributed by atoms with E-state index in [-0.39, 0.29) is 6.17 Å². The smallest absolute Gasteiger partial charge is 0.159 e. The molecule has 0 amide bonds. The molecule has 3 nitrogen and oxygen atoms in total. The number of amidine groups is 2. The Bertz CT molecular complexity index is 2120. The zero-order valence-electron chi connectivity index (χ0n) is 22.2. The molecule has 0 saturated heterocycles. The summed E-state index contributed by atoms with van der Waals surface area (Å²) in [6, 6.07) is 49.2. The van der Waals surface area contributed by atoms with Crippen LogP contribution < -0.4 is 5.32 Å². The normalized spacial score (nSPS) is 15.1. The summed E-state index contributed by atoms with van der Waals surface area (Å²) >= 11 is 1.84. The summed E-state index contributed by atoms with van der Waals surface area (Å²) in [4.78, 5) is 10.2. The maximum Gasteiger partial charge on any atom is 0.159 e. The van der Waals surface area contributed by atoms with Crippen molar-refractivity contribution in [2.24, 2.45) is 9.98 Å². The van der Waals surface area contributed by atoms with Crippen LogP contribution in [0.25, 0.3) is 42.1 Å². The Hall–Kier alpha value is -5.06. The first kappa shape index (κ1) is 23.8. The van der Waals surface area contributed by atoms with E-state index in [1.807, 2.05) is 47.7 Å². The fourth-order valence-electron chi connectivity index (χ4n) is 5.71. The molecule has 41 heavy (non-hydrogen) atoms. The third-order valence-electron chi connectivity index (χ3n) is 7.71. The van der Waals surface area contributed by atoms with E-state index in [0.29, 0.717) is 0 Å². The van der Waals surface area contributed by atoms with Gasteiger partial charge in [0, 0.05) is 36.9 Å². The van der Waals surface area contributed by atoms with Gasteiger partial charge >= 0.3 is 0 Å². The molecule has 0 radical (unpaired) electrons. The number of thiophene rings is 1. The first-order chi connectivity index (χ1) is 20.3. The number of fused-ring (bicyclic) bond motifs is 4. The minimum absolute atomic E-state index is 0.307. The highest BCUT2D eigenvalue weighted by Crippen LogP contribution is 2.42. The number of hydrogen-bond acceptors (Lipinski definition) is 4. The highest BCUT2D eigenvalue weighted by molar-refractivity contribution is 7.25. The summed E-state index contributed by atoms with van der Waals surface area (Å²) in [6.07, 6.45) is -0.307. The van der Waals surface area contributed by atoms with Crippen LogP contribution in [-0.2, 0) is 0 Å². The molecule has 1 atom stereocenters. The number of nitrogens with one attached hydrogen (secondary N) is 1. The van der Waals surface area contributed by atoms with Crippen LogP contribution in [0.4, 0.5) is 0 Å². The Morgan fingerprint density at radius 2 is 1.24 bits per heavy atom. The average Bonchev–Trinajstić information content (AvgIpc) is 3.43. The molecule has 7 aromatic rings. The molecule has 4 heteroatoms. The Labute approximate surface area is 242 Å². The molecule has 0 spiro atoms. The van der Waals surface area contributed by atoms with Crippen LogP contribution >= 0.6 is 11.3 Å². The standard InChI is InChI=1S/C37H25N3S/c1-3-12-25(13-4-1)35-38-36(26-14-5-2-6-15-26)40-37(39-35)31-22-29(28-20-19-24-11-7-8-16-27(24)21-28)23-33-34(31)30-17-9-10-18-32(30)41-33/h1-23,37H,(H,38,39,40). The Morgan fingerprint density at radius 3 is 2.07 bits per heavy atom. The third kappa shape index (κ3) is 4.30. The predicted molar refractivity (Wildman–Crippen MR) is 174 cm³/mol. The molecule has 2 heterocycles. The summed E-state index contributed by atoms with van der Waals surface area (Å²) < 4.78 is 2.54. The molecule has 1 aliphatic rings. The second-order valence-corrected chi connectivity index (χ2v) is 11.4. The van der Waals surface area contributed by atoms with Gasteiger partial charge in [-0.25, -0.2) is 9.98 Å². The topological polar surface area (TPSA) is 36.8 Å². The van der Waals surface area contributed by atoms with Crippen molar-refractivity contribution in [3.05, 3.63) is 156 Å². The van der Waals surface area contributed by atoms with Gasteiger partial charge in [-0.2, -0.15) is 0 Å². The average molecular weight is 544 g/mol. The monoisotopic (exact) mass is 543 g/mol. The quantitative estimate of drug-likeness (QED) is 0.236. The number of rotatable bonds is 4. The largest absolute Gasteiger partial charge is 0.344 e. The summed E-state index contributed by atoms with van der Waals surface area (Å²) in [6.45, 7) is 0. The van der Waals surface area contributed by atoms with Gasteiger partial charge in [0.1, 0.15) is 12.0 Å². The van der Waals surface area contributed by atoms with Crippen molar-refractivity contribution in [3.8, 4) is 11.1 Å². The molecule has 1 N–H and O–H groups in total. The highest BCUT2D eigenvalue weighted by Gasteiger charge is 2.25. The van der Waals surface area contributed by atoms with Crippen LogP contribution in [0.5, 0.6) is 0 Å². The predicted octanol–water partition coefficient (Wildman–Crippen LogP) is 9.37. The molecular formula is C37H25N3S. The number of hydrogen-bond donors (Lipinski definition) is 1. The van der Waals surface area contributed by atoms with Gasteiger partial charge in [-0.15, -0.1) is 11.3 Å². The zero-order chi connectivity index (χ0) is 27.2. The van der Waals surface area contributed by atoms with Gasteiger partial charge in [-0.3, -0.25) is 0 Å². The summed E-state index contributed by atoms with van der Waals surface area (Å²) in [5.74, 6) is 1.56. The van der Waals surface area contributed by atoms with Crippen molar-refractivity contribution in [1.29, 1.82) is 0 Å². The van der Waals surface area contributed by atoms with Crippen LogP contribution in [0.1, 0.15) is 22.9 Å². The molecule has 1 unspecified atom stereocenters. The second kappa shape index (κ2) is 9.84. The van der Waals surface area contributed by atoms with E-state index in [1.165, 1.54) is 42.1 Å². The molecule has 8 rings (SSSR count). The fraction of sp³-hybridized carbons (Fsp3) is 0.0270. The minimum atomic E-state index is -0.307. The van der Waals surface area contributed by atoms with Crippen LogP contribution in [0, 0.1) is 0 Å². The van der Waals surface area contributed by atoms with Gasteiger partial charge in [-0.1, -0.05) is 115 Å². The molecule has 6 aromatic carbocycles. The number of aliphatic imine (C=N–C) groups is 2. The van der Waals surface area contributed by atoms with Gasteiger partial charge in [0.05, 0.1) is 0 Å². The number of benzene rings is 6. The van der Waals surface area contributed by atoms with E-state index in [0.717, 1.165) is 28.4 Å². The Morgan fingerprint density at radius 1 is 0.537 bits per heavy atom. The molecular weight excluding hydrogens is 518 g/mol. The van der Waals surface area contributed by atoms with Crippen molar-refractivity contribution < 1.29 is 0 Å². The minimum Gasteiger partial charge on any atom is -0.344 e. The maximum absolute atomic E-state index is 5.24. The molecule has 1 aliphatic heterocycles. The van der Waals surface area contributed by atoms with Crippen molar-refractivity contribution in [2.75, 3.05) is 0 Å². The van der Waals surface area contributed by atoms with Crippen molar-refractivity contribution in [1.82, 2.24) is 5.32 Å². The maximum atomic E-state index is 5.24. The second-order valence-electron chi connectivity index (χ2n) is 10.3. The van der Waals surface area contributed by atoms with Gasteiger partial charge in [0.2, 0.25) is 0 Å². The SMILES string of the molecule is c1ccc(C2=NC(c3cc(-c4ccc5ccccc5c4)cc4sc5ccccc5c34)NC(c3ccccc3)=N2)cc1. The van der Waals surface area contributed by atoms with E-state index in [1.54, 1.807) is 0 Å². The summed E-state index contributed by atoms with van der Waals surface area (Å²) in [7, 11) is 0. The van der Waals surface area contributed by atoms with Crippen LogP contribution in [0.15, 0.2) is 150 Å². The van der Waals surface area contributed by atoms with E-state index < -0.39 is 0 Å². The molecule has 0 saturated carbocycles. The lowest BCUT2D eigenvalue weighted by Crippen LogP contribution is -2.33. The third-order valence-corrected chi connectivity index (χ3v) is 8.83. The first-order valence-electron chi connectivity index (χ1n) is 13.8. The lowest BCUT2D eigenvalue weighted by atomic mass is 9.95. The number of nitrogens with zero attached hydrogens (tertiary/aromatic N) is 2.